The molecule has 8 heteroatoms. The van der Waals surface area contributed by atoms with Crippen LogP contribution in [0.4, 0.5) is 13.2 Å². The van der Waals surface area contributed by atoms with Gasteiger partial charge in [-0.25, -0.2) is 0 Å². The summed E-state index contributed by atoms with van der Waals surface area (Å²) in [6.45, 7) is 0.165. The van der Waals surface area contributed by atoms with Gasteiger partial charge >= 0.3 is 6.18 Å². The second-order valence-corrected chi connectivity index (χ2v) is 5.53. The Morgan fingerprint density at radius 1 is 1.36 bits per heavy atom. The first kappa shape index (κ1) is 16.6. The molecular formula is C14H14ClF3N2O2. The molecule has 2 amide bonds. The fourth-order valence-corrected chi connectivity index (χ4v) is 2.47. The van der Waals surface area contributed by atoms with E-state index in [1.165, 1.54) is 6.07 Å². The van der Waals surface area contributed by atoms with Crippen LogP contribution in [0.25, 0.3) is 0 Å². The van der Waals surface area contributed by atoms with E-state index in [2.05, 4.69) is 10.6 Å². The van der Waals surface area contributed by atoms with Gasteiger partial charge in [0.15, 0.2) is 0 Å². The summed E-state index contributed by atoms with van der Waals surface area (Å²) in [6.07, 6.45) is -2.68. The minimum atomic E-state index is -4.57. The Morgan fingerprint density at radius 2 is 2.09 bits per heavy atom. The summed E-state index contributed by atoms with van der Waals surface area (Å²) in [5.41, 5.74) is -1.14. The molecule has 1 fully saturated rings. The van der Waals surface area contributed by atoms with Crippen LogP contribution < -0.4 is 10.6 Å². The predicted molar refractivity (Wildman–Crippen MR) is 74.6 cm³/mol. The number of carbonyl (C=O) groups is 2. The molecule has 1 aliphatic heterocycles. The van der Waals surface area contributed by atoms with E-state index in [4.69, 9.17) is 11.6 Å². The molecule has 120 valence electrons. The van der Waals surface area contributed by atoms with E-state index in [9.17, 15) is 22.8 Å². The number of rotatable bonds is 3. The molecule has 4 nitrogen and oxygen atoms in total. The second kappa shape index (κ2) is 6.56. The average Bonchev–Trinajstić information content (AvgIpc) is 2.43. The summed E-state index contributed by atoms with van der Waals surface area (Å²) in [6, 6.07) is 2.48. The first-order chi connectivity index (χ1) is 10.3. The van der Waals surface area contributed by atoms with Gasteiger partial charge in [0.2, 0.25) is 5.91 Å². The summed E-state index contributed by atoms with van der Waals surface area (Å²) in [5, 5.41) is 5.06. The summed E-state index contributed by atoms with van der Waals surface area (Å²) in [4.78, 5) is 23.2. The first-order valence-corrected chi connectivity index (χ1v) is 7.09. The Bertz CT molecular complexity index is 590. The fraction of sp³-hybridized carbons (Fsp3) is 0.429. The molecule has 0 aromatic heterocycles. The summed E-state index contributed by atoms with van der Waals surface area (Å²) >= 11 is 5.63. The van der Waals surface area contributed by atoms with Gasteiger partial charge in [-0.15, -0.1) is 0 Å². The average molecular weight is 335 g/mol. The van der Waals surface area contributed by atoms with Crippen molar-refractivity contribution in [2.75, 3.05) is 6.54 Å². The molecule has 0 spiro atoms. The van der Waals surface area contributed by atoms with E-state index >= 15 is 0 Å². The van der Waals surface area contributed by atoms with Gasteiger partial charge in [0, 0.05) is 29.6 Å². The monoisotopic (exact) mass is 334 g/mol. The minimum Gasteiger partial charge on any atom is -0.352 e. The number of hydrogen-bond donors (Lipinski definition) is 2. The molecule has 0 unspecified atom stereocenters. The van der Waals surface area contributed by atoms with Gasteiger partial charge in [0.05, 0.1) is 5.56 Å². The molecule has 0 radical (unpaired) electrons. The van der Waals surface area contributed by atoms with Gasteiger partial charge in [-0.1, -0.05) is 11.6 Å². The molecule has 2 rings (SSSR count). The van der Waals surface area contributed by atoms with Crippen molar-refractivity contribution in [3.8, 4) is 0 Å². The van der Waals surface area contributed by atoms with Crippen LogP contribution in [0.2, 0.25) is 5.02 Å². The Hall–Kier alpha value is -1.76. The molecule has 0 saturated carbocycles. The van der Waals surface area contributed by atoms with Crippen LogP contribution in [0.15, 0.2) is 18.2 Å². The third kappa shape index (κ3) is 4.37. The number of carbonyl (C=O) groups excluding carboxylic acids is 2. The number of alkyl halides is 3. The van der Waals surface area contributed by atoms with E-state index < -0.39 is 17.6 Å². The van der Waals surface area contributed by atoms with Crippen LogP contribution >= 0.6 is 11.6 Å². The van der Waals surface area contributed by atoms with Crippen LogP contribution in [-0.4, -0.2) is 24.4 Å². The van der Waals surface area contributed by atoms with E-state index in [0.717, 1.165) is 25.0 Å². The molecule has 2 N–H and O–H groups in total. The highest BCUT2D eigenvalue weighted by atomic mass is 35.5. The lowest BCUT2D eigenvalue weighted by Crippen LogP contribution is -2.46. The number of halogens is 4. The molecule has 1 aromatic rings. The van der Waals surface area contributed by atoms with Gasteiger partial charge in [0.25, 0.3) is 5.91 Å². The predicted octanol–water partition coefficient (Wildman–Crippen LogP) is 2.76. The number of benzene rings is 1. The summed E-state index contributed by atoms with van der Waals surface area (Å²) in [7, 11) is 0. The minimum absolute atomic E-state index is 0.0902. The third-order valence-corrected chi connectivity index (χ3v) is 3.54. The molecule has 1 atom stereocenters. The van der Waals surface area contributed by atoms with E-state index in [1.54, 1.807) is 0 Å². The molecule has 1 saturated heterocycles. The zero-order valence-corrected chi connectivity index (χ0v) is 12.2. The van der Waals surface area contributed by atoms with Crippen molar-refractivity contribution in [3.05, 3.63) is 34.3 Å². The van der Waals surface area contributed by atoms with Gasteiger partial charge in [-0.2, -0.15) is 13.2 Å². The highest BCUT2D eigenvalue weighted by molar-refractivity contribution is 6.31. The zero-order valence-electron chi connectivity index (χ0n) is 11.5. The second-order valence-electron chi connectivity index (χ2n) is 5.09. The van der Waals surface area contributed by atoms with Crippen molar-refractivity contribution in [2.45, 2.75) is 31.5 Å². The standard InChI is InChI=1S/C14H14ClF3N2O2/c15-10-5-8(4-9(6-10)14(16,17)18)13(22)19-7-11-2-1-3-12(21)20-11/h4-6,11H,1-3,7H2,(H,19,22)(H,20,21)/t11-/m1/s1. The van der Waals surface area contributed by atoms with Gasteiger partial charge in [-0.05, 0) is 31.0 Å². The Morgan fingerprint density at radius 3 is 2.73 bits per heavy atom. The smallest absolute Gasteiger partial charge is 0.352 e. The fourth-order valence-electron chi connectivity index (χ4n) is 2.24. The van der Waals surface area contributed by atoms with Crippen LogP contribution in [0, 0.1) is 0 Å². The van der Waals surface area contributed by atoms with Crippen LogP contribution in [0.5, 0.6) is 0 Å². The number of hydrogen-bond acceptors (Lipinski definition) is 2. The Kier molecular flexibility index (Phi) is 4.95. The number of nitrogens with one attached hydrogen (secondary N) is 2. The summed E-state index contributed by atoms with van der Waals surface area (Å²) < 4.78 is 38.1. The maximum absolute atomic E-state index is 12.7. The van der Waals surface area contributed by atoms with Gasteiger partial charge < -0.3 is 10.6 Å². The highest BCUT2D eigenvalue weighted by Gasteiger charge is 2.31. The van der Waals surface area contributed by atoms with E-state index in [1.807, 2.05) is 0 Å². The van der Waals surface area contributed by atoms with Gasteiger partial charge in [0.1, 0.15) is 0 Å². The maximum Gasteiger partial charge on any atom is 0.416 e. The highest BCUT2D eigenvalue weighted by Crippen LogP contribution is 2.31. The SMILES string of the molecule is O=C1CCC[C@H](CNC(=O)c2cc(Cl)cc(C(F)(F)F)c2)N1. The molecule has 0 bridgehead atoms. The largest absolute Gasteiger partial charge is 0.416 e. The van der Waals surface area contributed by atoms with Crippen LogP contribution in [0.3, 0.4) is 0 Å². The zero-order chi connectivity index (χ0) is 16.3. The molecule has 1 aromatic carbocycles. The van der Waals surface area contributed by atoms with Crippen molar-refractivity contribution in [2.24, 2.45) is 0 Å². The van der Waals surface area contributed by atoms with Crippen molar-refractivity contribution in [3.63, 3.8) is 0 Å². The van der Waals surface area contributed by atoms with Crippen LogP contribution in [-0.2, 0) is 11.0 Å². The van der Waals surface area contributed by atoms with E-state index in [0.29, 0.717) is 6.42 Å². The topological polar surface area (TPSA) is 58.2 Å². The molecule has 1 aliphatic rings. The Labute approximate surface area is 130 Å². The molecule has 22 heavy (non-hydrogen) atoms. The van der Waals surface area contributed by atoms with E-state index in [-0.39, 0.29) is 29.1 Å². The van der Waals surface area contributed by atoms with Crippen molar-refractivity contribution in [1.29, 1.82) is 0 Å². The first-order valence-electron chi connectivity index (χ1n) is 6.71. The normalized spacial score (nSPS) is 18.7. The maximum atomic E-state index is 12.7. The molecular weight excluding hydrogens is 321 g/mol. The third-order valence-electron chi connectivity index (χ3n) is 3.32. The number of amides is 2. The lowest BCUT2D eigenvalue weighted by molar-refractivity contribution is -0.137. The molecule has 0 aliphatic carbocycles. The van der Waals surface area contributed by atoms with Crippen molar-refractivity contribution in [1.82, 2.24) is 10.6 Å². The lowest BCUT2D eigenvalue weighted by Gasteiger charge is -2.23. The quantitative estimate of drug-likeness (QED) is 0.893. The number of piperidine rings is 1. The lowest BCUT2D eigenvalue weighted by atomic mass is 10.0. The van der Waals surface area contributed by atoms with Crippen LogP contribution in [0.1, 0.15) is 35.2 Å². The Balaban J connectivity index is 2.03. The van der Waals surface area contributed by atoms with Crippen molar-refractivity contribution < 1.29 is 22.8 Å². The summed E-state index contributed by atoms with van der Waals surface area (Å²) in [5.74, 6) is -0.750. The van der Waals surface area contributed by atoms with Crippen molar-refractivity contribution >= 4 is 23.4 Å². The van der Waals surface area contributed by atoms with Gasteiger partial charge in [-0.3, -0.25) is 9.59 Å². The molecule has 1 heterocycles.